The van der Waals surface area contributed by atoms with Crippen LogP contribution < -0.4 is 9.64 Å². The third-order valence-corrected chi connectivity index (χ3v) is 5.30. The molecular formula is C24H23NO4. The van der Waals surface area contributed by atoms with E-state index in [1.165, 1.54) is 11.8 Å². The maximum atomic E-state index is 13.0. The molecule has 0 spiro atoms. The van der Waals surface area contributed by atoms with Crippen LogP contribution in [0.4, 0.5) is 5.69 Å². The molecule has 1 N–H and O–H groups in total. The Hall–Kier alpha value is -3.18. The molecule has 0 radical (unpaired) electrons. The van der Waals surface area contributed by atoms with Gasteiger partial charge in [-0.3, -0.25) is 9.59 Å². The van der Waals surface area contributed by atoms with E-state index < -0.39 is 11.5 Å². The highest BCUT2D eigenvalue weighted by atomic mass is 16.5. The molecule has 3 aromatic rings. The van der Waals surface area contributed by atoms with E-state index in [0.29, 0.717) is 11.3 Å². The fourth-order valence-corrected chi connectivity index (χ4v) is 3.93. The number of Topliss-reactive ketones (excluding diaryl/α,β-unsaturated/α-hetero) is 1. The average Bonchev–Trinajstić information content (AvgIpc) is 2.89. The van der Waals surface area contributed by atoms with Crippen molar-refractivity contribution in [2.24, 2.45) is 0 Å². The van der Waals surface area contributed by atoms with Gasteiger partial charge in [-0.25, -0.2) is 0 Å². The quantitative estimate of drug-likeness (QED) is 0.697. The van der Waals surface area contributed by atoms with Gasteiger partial charge in [-0.15, -0.1) is 0 Å². The highest BCUT2D eigenvalue weighted by Crippen LogP contribution is 2.42. The zero-order valence-electron chi connectivity index (χ0n) is 16.5. The molecule has 3 aromatic carbocycles. The van der Waals surface area contributed by atoms with Gasteiger partial charge in [0.1, 0.15) is 18.1 Å². The first-order valence-corrected chi connectivity index (χ1v) is 9.65. The van der Waals surface area contributed by atoms with Gasteiger partial charge in [0.15, 0.2) is 5.60 Å². The molecule has 5 nitrogen and oxygen atoms in total. The van der Waals surface area contributed by atoms with Crippen molar-refractivity contribution in [1.29, 1.82) is 0 Å². The monoisotopic (exact) mass is 389 g/mol. The smallest absolute Gasteiger partial charge is 0.264 e. The molecule has 0 aliphatic carbocycles. The molecule has 4 rings (SSSR count). The van der Waals surface area contributed by atoms with Crippen LogP contribution in [0.2, 0.25) is 0 Å². The molecule has 148 valence electrons. The number of aryl methyl sites for hydroxylation is 1. The lowest BCUT2D eigenvalue weighted by Crippen LogP contribution is -2.43. The number of amides is 1. The van der Waals surface area contributed by atoms with Crippen molar-refractivity contribution in [2.75, 3.05) is 18.1 Å². The molecule has 5 heteroatoms. The van der Waals surface area contributed by atoms with E-state index in [0.717, 1.165) is 22.1 Å². The number of carbonyl (C=O) groups is 2. The molecule has 1 heterocycles. The standard InChI is InChI=1S/C24H23NO4/c1-16-7-10-22-21(13-16)24(28,15-17(2)26)23(27)25(22)11-12-29-20-9-8-18-5-3-4-6-19(18)14-20/h3-10,13-14,28H,11-12,15H2,1-2H3/t24-/m1/s1. The Balaban J connectivity index is 1.53. The molecule has 1 atom stereocenters. The fraction of sp³-hybridized carbons (Fsp3) is 0.250. The minimum Gasteiger partial charge on any atom is -0.492 e. The Kier molecular flexibility index (Phi) is 4.84. The van der Waals surface area contributed by atoms with Crippen molar-refractivity contribution >= 4 is 28.2 Å². The Morgan fingerprint density at radius 3 is 2.59 bits per heavy atom. The summed E-state index contributed by atoms with van der Waals surface area (Å²) in [6.07, 6.45) is -0.232. The average molecular weight is 389 g/mol. The number of anilines is 1. The minimum atomic E-state index is -1.81. The van der Waals surface area contributed by atoms with Crippen molar-refractivity contribution in [2.45, 2.75) is 25.9 Å². The highest BCUT2D eigenvalue weighted by Gasteiger charge is 2.50. The topological polar surface area (TPSA) is 66.8 Å². The van der Waals surface area contributed by atoms with Crippen LogP contribution in [-0.2, 0) is 15.2 Å². The predicted octanol–water partition coefficient (Wildman–Crippen LogP) is 3.74. The van der Waals surface area contributed by atoms with Gasteiger partial charge in [-0.1, -0.05) is 48.0 Å². The van der Waals surface area contributed by atoms with E-state index in [9.17, 15) is 14.7 Å². The van der Waals surface area contributed by atoms with Crippen LogP contribution >= 0.6 is 0 Å². The number of ether oxygens (including phenoxy) is 1. The number of hydrogen-bond acceptors (Lipinski definition) is 4. The van der Waals surface area contributed by atoms with Gasteiger partial charge in [0, 0.05) is 12.0 Å². The second kappa shape index (κ2) is 7.33. The molecule has 1 aliphatic heterocycles. The number of benzene rings is 3. The maximum Gasteiger partial charge on any atom is 0.264 e. The fourth-order valence-electron chi connectivity index (χ4n) is 3.93. The zero-order valence-corrected chi connectivity index (χ0v) is 16.5. The van der Waals surface area contributed by atoms with Gasteiger partial charge >= 0.3 is 0 Å². The second-order valence-electron chi connectivity index (χ2n) is 7.57. The molecule has 0 bridgehead atoms. The van der Waals surface area contributed by atoms with Gasteiger partial charge in [-0.05, 0) is 42.8 Å². The lowest BCUT2D eigenvalue weighted by atomic mass is 9.89. The van der Waals surface area contributed by atoms with Crippen molar-refractivity contribution < 1.29 is 19.4 Å². The summed E-state index contributed by atoms with van der Waals surface area (Å²) in [5, 5.41) is 13.3. The highest BCUT2D eigenvalue weighted by molar-refractivity contribution is 6.08. The third-order valence-electron chi connectivity index (χ3n) is 5.30. The second-order valence-corrected chi connectivity index (χ2v) is 7.57. The van der Waals surface area contributed by atoms with Crippen molar-refractivity contribution in [3.63, 3.8) is 0 Å². The van der Waals surface area contributed by atoms with Gasteiger partial charge in [0.2, 0.25) is 0 Å². The van der Waals surface area contributed by atoms with Gasteiger partial charge in [0.05, 0.1) is 12.2 Å². The van der Waals surface area contributed by atoms with E-state index in [1.54, 1.807) is 6.07 Å². The summed E-state index contributed by atoms with van der Waals surface area (Å²) in [4.78, 5) is 26.2. The molecule has 0 fully saturated rings. The Labute approximate surface area is 169 Å². The first-order valence-electron chi connectivity index (χ1n) is 9.65. The van der Waals surface area contributed by atoms with Crippen LogP contribution in [0.25, 0.3) is 10.8 Å². The van der Waals surface area contributed by atoms with Gasteiger partial charge in [0.25, 0.3) is 5.91 Å². The number of fused-ring (bicyclic) bond motifs is 2. The van der Waals surface area contributed by atoms with E-state index in [1.807, 2.05) is 61.5 Å². The van der Waals surface area contributed by atoms with Crippen molar-refractivity contribution in [3.8, 4) is 5.75 Å². The SMILES string of the molecule is CC(=O)C[C@]1(O)C(=O)N(CCOc2ccc3ccccc3c2)c2ccc(C)cc21. The van der Waals surface area contributed by atoms with E-state index in [2.05, 4.69) is 0 Å². The van der Waals surface area contributed by atoms with Crippen molar-refractivity contribution in [3.05, 3.63) is 71.8 Å². The first-order chi connectivity index (χ1) is 13.9. The summed E-state index contributed by atoms with van der Waals surface area (Å²) in [7, 11) is 0. The largest absolute Gasteiger partial charge is 0.492 e. The molecule has 0 aromatic heterocycles. The number of hydrogen-bond donors (Lipinski definition) is 1. The third kappa shape index (κ3) is 3.49. The minimum absolute atomic E-state index is 0.232. The Morgan fingerprint density at radius 1 is 1.07 bits per heavy atom. The molecule has 0 saturated carbocycles. The van der Waals surface area contributed by atoms with E-state index in [-0.39, 0.29) is 25.4 Å². The van der Waals surface area contributed by atoms with Crippen LogP contribution in [0.15, 0.2) is 60.7 Å². The number of aliphatic hydroxyl groups is 1. The summed E-state index contributed by atoms with van der Waals surface area (Å²) < 4.78 is 5.87. The summed E-state index contributed by atoms with van der Waals surface area (Å²) in [5.74, 6) is 0.0106. The number of rotatable bonds is 6. The predicted molar refractivity (Wildman–Crippen MR) is 112 cm³/mol. The molecule has 0 unspecified atom stereocenters. The molecule has 1 amide bonds. The van der Waals surface area contributed by atoms with Crippen LogP contribution in [0, 0.1) is 6.92 Å². The Bertz CT molecular complexity index is 1110. The van der Waals surface area contributed by atoms with Gasteiger partial charge in [-0.2, -0.15) is 0 Å². The van der Waals surface area contributed by atoms with Crippen LogP contribution in [0.5, 0.6) is 5.75 Å². The lowest BCUT2D eigenvalue weighted by molar-refractivity contribution is -0.141. The first kappa shape index (κ1) is 19.2. The lowest BCUT2D eigenvalue weighted by Gasteiger charge is -2.22. The molecule has 1 aliphatic rings. The van der Waals surface area contributed by atoms with Crippen LogP contribution in [-0.4, -0.2) is 29.9 Å². The molecular weight excluding hydrogens is 366 g/mol. The number of carbonyl (C=O) groups excluding carboxylic acids is 2. The molecule has 0 saturated heterocycles. The van der Waals surface area contributed by atoms with E-state index in [4.69, 9.17) is 4.74 Å². The van der Waals surface area contributed by atoms with Crippen molar-refractivity contribution in [1.82, 2.24) is 0 Å². The van der Waals surface area contributed by atoms with Crippen LogP contribution in [0.1, 0.15) is 24.5 Å². The summed E-state index contributed by atoms with van der Waals surface area (Å²) >= 11 is 0. The van der Waals surface area contributed by atoms with Gasteiger partial charge < -0.3 is 14.7 Å². The number of ketones is 1. The molecule has 29 heavy (non-hydrogen) atoms. The number of nitrogens with zero attached hydrogens (tertiary/aromatic N) is 1. The summed E-state index contributed by atoms with van der Waals surface area (Å²) in [6, 6.07) is 19.4. The summed E-state index contributed by atoms with van der Waals surface area (Å²) in [5.41, 5.74) is 0.235. The Morgan fingerprint density at radius 2 is 1.83 bits per heavy atom. The maximum absolute atomic E-state index is 13.0. The van der Waals surface area contributed by atoms with Crippen LogP contribution in [0.3, 0.4) is 0 Å². The normalized spacial score (nSPS) is 18.2. The van der Waals surface area contributed by atoms with E-state index >= 15 is 0 Å². The zero-order chi connectivity index (χ0) is 20.6. The summed E-state index contributed by atoms with van der Waals surface area (Å²) in [6.45, 7) is 3.83.